The van der Waals surface area contributed by atoms with Gasteiger partial charge in [0.1, 0.15) is 12.4 Å². The quantitative estimate of drug-likeness (QED) is 0.347. The number of carbonyl (C=O) groups excluding carboxylic acids is 1. The Balaban J connectivity index is 1.71. The Hall–Kier alpha value is -3.34. The number of aromatic nitrogens is 1. The lowest BCUT2D eigenvalue weighted by Gasteiger charge is -2.28. The minimum Gasteiger partial charge on any atom is -0.489 e. The molecule has 0 bridgehead atoms. The van der Waals surface area contributed by atoms with Crippen molar-refractivity contribution in [1.82, 2.24) is 4.98 Å². The van der Waals surface area contributed by atoms with Gasteiger partial charge in [-0.2, -0.15) is 0 Å². The van der Waals surface area contributed by atoms with Gasteiger partial charge in [0.05, 0.1) is 18.4 Å². The second-order valence-electron chi connectivity index (χ2n) is 8.96. The predicted molar refractivity (Wildman–Crippen MR) is 132 cm³/mol. The fraction of sp³-hybridized carbons (Fsp3) is 0.379. The van der Waals surface area contributed by atoms with Crippen LogP contribution in [0.2, 0.25) is 0 Å². The van der Waals surface area contributed by atoms with Gasteiger partial charge in [-0.05, 0) is 43.2 Å². The smallest absolute Gasteiger partial charge is 0.347 e. The third-order valence-corrected chi connectivity index (χ3v) is 6.11. The molecule has 2 aromatic carbocycles. The van der Waals surface area contributed by atoms with Crippen LogP contribution in [-0.4, -0.2) is 23.7 Å². The molecule has 34 heavy (non-hydrogen) atoms. The molecule has 1 aliphatic rings. The first kappa shape index (κ1) is 23.8. The van der Waals surface area contributed by atoms with E-state index >= 15 is 0 Å². The van der Waals surface area contributed by atoms with E-state index in [-0.39, 0.29) is 24.2 Å². The summed E-state index contributed by atoms with van der Waals surface area (Å²) in [4.78, 5) is 17.8. The van der Waals surface area contributed by atoms with Crippen molar-refractivity contribution in [3.8, 4) is 11.6 Å². The minimum absolute atomic E-state index is 0.0610. The van der Waals surface area contributed by atoms with E-state index < -0.39 is 5.97 Å². The number of hydrogen-bond donors (Lipinski definition) is 0. The van der Waals surface area contributed by atoms with Crippen molar-refractivity contribution in [3.63, 3.8) is 0 Å². The Morgan fingerprint density at radius 1 is 1.00 bits per heavy atom. The number of carbonyl (C=O) groups is 1. The van der Waals surface area contributed by atoms with Gasteiger partial charge in [0.2, 0.25) is 5.88 Å². The summed E-state index contributed by atoms with van der Waals surface area (Å²) in [7, 11) is 0. The number of esters is 1. The molecule has 0 spiro atoms. The maximum absolute atomic E-state index is 13.1. The molecule has 0 radical (unpaired) electrons. The summed E-state index contributed by atoms with van der Waals surface area (Å²) in [5.41, 5.74) is 3.19. The van der Waals surface area contributed by atoms with Crippen molar-refractivity contribution in [2.24, 2.45) is 5.92 Å². The first-order valence-corrected chi connectivity index (χ1v) is 12.2. The van der Waals surface area contributed by atoms with Crippen molar-refractivity contribution in [2.45, 2.75) is 58.7 Å². The predicted octanol–water partition coefficient (Wildman–Crippen LogP) is 6.39. The summed E-state index contributed by atoms with van der Waals surface area (Å²) in [6.45, 7) is 4.62. The topological polar surface area (TPSA) is 57.7 Å². The third-order valence-electron chi connectivity index (χ3n) is 6.11. The van der Waals surface area contributed by atoms with Crippen molar-refractivity contribution in [2.75, 3.05) is 6.61 Å². The number of hydrogen-bond acceptors (Lipinski definition) is 5. The van der Waals surface area contributed by atoms with Crippen LogP contribution >= 0.6 is 0 Å². The maximum atomic E-state index is 13.1. The van der Waals surface area contributed by atoms with Crippen LogP contribution in [0.3, 0.4) is 0 Å². The molecule has 1 fully saturated rings. The summed E-state index contributed by atoms with van der Waals surface area (Å²) >= 11 is 0. The van der Waals surface area contributed by atoms with Crippen LogP contribution in [0.1, 0.15) is 66.7 Å². The normalized spacial score (nSPS) is 17.7. The van der Waals surface area contributed by atoms with Crippen LogP contribution in [-0.2, 0) is 17.8 Å². The molecule has 5 heteroatoms. The maximum Gasteiger partial charge on any atom is 0.347 e. The standard InChI is InChI=1S/C29H33NO4/c1-3-32-29(31)27-26(34-25-16-10-11-21(2)17-25)19-24(18-22-12-6-4-7-13-22)30-28(27)33-20-23-14-8-5-9-15-23/h4-9,12-15,19,21,25H,3,10-11,16-18,20H2,1-2H3. The molecule has 4 rings (SSSR count). The highest BCUT2D eigenvalue weighted by molar-refractivity contribution is 5.95. The Labute approximate surface area is 202 Å². The average molecular weight is 460 g/mol. The van der Waals surface area contributed by atoms with Crippen LogP contribution in [0.25, 0.3) is 0 Å². The third kappa shape index (κ3) is 6.37. The average Bonchev–Trinajstić information content (AvgIpc) is 2.84. The zero-order chi connectivity index (χ0) is 23.8. The van der Waals surface area contributed by atoms with E-state index in [1.807, 2.05) is 54.6 Å². The van der Waals surface area contributed by atoms with E-state index in [1.165, 1.54) is 6.42 Å². The molecule has 2 atom stereocenters. The molecular weight excluding hydrogens is 426 g/mol. The number of rotatable bonds is 9. The highest BCUT2D eigenvalue weighted by Crippen LogP contribution is 2.34. The lowest BCUT2D eigenvalue weighted by Crippen LogP contribution is -2.25. The van der Waals surface area contributed by atoms with Crippen molar-refractivity contribution in [3.05, 3.63) is 89.1 Å². The molecule has 1 aromatic heterocycles. The van der Waals surface area contributed by atoms with Gasteiger partial charge in [-0.15, -0.1) is 0 Å². The van der Waals surface area contributed by atoms with Crippen LogP contribution in [0.4, 0.5) is 0 Å². The first-order valence-electron chi connectivity index (χ1n) is 12.2. The highest BCUT2D eigenvalue weighted by atomic mass is 16.5. The Kier molecular flexibility index (Phi) is 8.18. The van der Waals surface area contributed by atoms with E-state index in [9.17, 15) is 4.79 Å². The summed E-state index contributed by atoms with van der Waals surface area (Å²) in [6, 6.07) is 21.9. The van der Waals surface area contributed by atoms with E-state index in [2.05, 4.69) is 19.1 Å². The molecule has 3 aromatic rings. The molecule has 1 aliphatic carbocycles. The van der Waals surface area contributed by atoms with Gasteiger partial charge in [-0.3, -0.25) is 0 Å². The molecule has 0 amide bonds. The van der Waals surface area contributed by atoms with Gasteiger partial charge in [0.15, 0.2) is 5.56 Å². The van der Waals surface area contributed by atoms with Crippen LogP contribution in [0.15, 0.2) is 66.7 Å². The Bertz CT molecular complexity index is 1070. The molecule has 178 valence electrons. The van der Waals surface area contributed by atoms with E-state index in [4.69, 9.17) is 19.2 Å². The summed E-state index contributed by atoms with van der Waals surface area (Å²) < 4.78 is 18.0. The Morgan fingerprint density at radius 2 is 1.71 bits per heavy atom. The van der Waals surface area contributed by atoms with Crippen LogP contribution in [0.5, 0.6) is 11.6 Å². The van der Waals surface area contributed by atoms with Gasteiger partial charge >= 0.3 is 5.97 Å². The Morgan fingerprint density at radius 3 is 2.38 bits per heavy atom. The second-order valence-corrected chi connectivity index (χ2v) is 8.96. The molecule has 1 saturated carbocycles. The molecule has 0 aliphatic heterocycles. The molecule has 0 saturated heterocycles. The SMILES string of the molecule is CCOC(=O)c1c(OC2CCCC(C)C2)cc(Cc2ccccc2)nc1OCc1ccccc1. The van der Waals surface area contributed by atoms with Crippen molar-refractivity contribution in [1.29, 1.82) is 0 Å². The lowest BCUT2D eigenvalue weighted by atomic mass is 9.88. The summed E-state index contributed by atoms with van der Waals surface area (Å²) in [5, 5.41) is 0. The molecule has 0 N–H and O–H groups in total. The van der Waals surface area contributed by atoms with E-state index in [0.717, 1.165) is 36.1 Å². The lowest BCUT2D eigenvalue weighted by molar-refractivity contribution is 0.0507. The zero-order valence-corrected chi connectivity index (χ0v) is 20.0. The van der Waals surface area contributed by atoms with Crippen LogP contribution < -0.4 is 9.47 Å². The van der Waals surface area contributed by atoms with Gasteiger partial charge in [0.25, 0.3) is 0 Å². The first-order chi connectivity index (χ1) is 16.6. The minimum atomic E-state index is -0.469. The monoisotopic (exact) mass is 459 g/mol. The molecule has 2 unspecified atom stereocenters. The summed E-state index contributed by atoms with van der Waals surface area (Å²) in [6.07, 6.45) is 4.96. The van der Waals surface area contributed by atoms with Crippen LogP contribution in [0, 0.1) is 5.92 Å². The second kappa shape index (κ2) is 11.7. The van der Waals surface area contributed by atoms with E-state index in [1.54, 1.807) is 6.92 Å². The number of nitrogens with zero attached hydrogens (tertiary/aromatic N) is 1. The largest absolute Gasteiger partial charge is 0.489 e. The van der Waals surface area contributed by atoms with Gasteiger partial charge in [-0.25, -0.2) is 9.78 Å². The van der Waals surface area contributed by atoms with Gasteiger partial charge < -0.3 is 14.2 Å². The van der Waals surface area contributed by atoms with Gasteiger partial charge in [0, 0.05) is 12.5 Å². The molecule has 5 nitrogen and oxygen atoms in total. The zero-order valence-electron chi connectivity index (χ0n) is 20.0. The van der Waals surface area contributed by atoms with Crippen molar-refractivity contribution < 1.29 is 19.0 Å². The van der Waals surface area contributed by atoms with Gasteiger partial charge in [-0.1, -0.05) is 74.0 Å². The summed E-state index contributed by atoms with van der Waals surface area (Å²) in [5.74, 6) is 0.892. The van der Waals surface area contributed by atoms with E-state index in [0.29, 0.717) is 24.7 Å². The number of pyridine rings is 1. The fourth-order valence-electron chi connectivity index (χ4n) is 4.42. The van der Waals surface area contributed by atoms with Crippen molar-refractivity contribution >= 4 is 5.97 Å². The molecule has 1 heterocycles. The fourth-order valence-corrected chi connectivity index (χ4v) is 4.42. The molecular formula is C29H33NO4. The highest BCUT2D eigenvalue weighted by Gasteiger charge is 2.27. The number of benzene rings is 2. The number of ether oxygens (including phenoxy) is 3.